The zero-order valence-electron chi connectivity index (χ0n) is 13.1. The van der Waals surface area contributed by atoms with Crippen LogP contribution in [0, 0.1) is 17.8 Å². The summed E-state index contributed by atoms with van der Waals surface area (Å²) in [6.45, 7) is 10.6. The van der Waals surface area contributed by atoms with Gasteiger partial charge in [0.05, 0.1) is 6.61 Å². The van der Waals surface area contributed by atoms with Crippen LogP contribution in [0.25, 0.3) is 0 Å². The summed E-state index contributed by atoms with van der Waals surface area (Å²) < 4.78 is 0. The van der Waals surface area contributed by atoms with Gasteiger partial charge in [-0.2, -0.15) is 0 Å². The van der Waals surface area contributed by atoms with Crippen molar-refractivity contribution >= 4 is 5.78 Å². The Morgan fingerprint density at radius 1 is 1.15 bits per heavy atom. The molecule has 1 saturated heterocycles. The second kappa shape index (κ2) is 7.53. The third kappa shape index (κ3) is 4.27. The minimum Gasteiger partial charge on any atom is -0.395 e. The van der Waals surface area contributed by atoms with Gasteiger partial charge in [0.2, 0.25) is 0 Å². The average molecular weight is 282 g/mol. The maximum absolute atomic E-state index is 12.3. The number of Topliss-reactive ketones (excluding diaryl/α,β-unsaturated/α-hetero) is 1. The molecule has 0 bridgehead atoms. The Bertz CT molecular complexity index is 322. The van der Waals surface area contributed by atoms with E-state index in [2.05, 4.69) is 23.6 Å². The van der Waals surface area contributed by atoms with E-state index in [4.69, 9.17) is 5.11 Å². The monoisotopic (exact) mass is 282 g/mol. The van der Waals surface area contributed by atoms with Crippen molar-refractivity contribution in [1.82, 2.24) is 9.80 Å². The zero-order chi connectivity index (χ0) is 14.5. The van der Waals surface area contributed by atoms with Crippen LogP contribution < -0.4 is 0 Å². The molecule has 0 spiro atoms. The fraction of sp³-hybridized carbons (Fsp3) is 0.938. The largest absolute Gasteiger partial charge is 0.395 e. The fourth-order valence-electron chi connectivity index (χ4n) is 3.83. The minimum absolute atomic E-state index is 0.246. The van der Waals surface area contributed by atoms with Crippen LogP contribution in [0.15, 0.2) is 0 Å². The lowest BCUT2D eigenvalue weighted by molar-refractivity contribution is -0.128. The quantitative estimate of drug-likeness (QED) is 0.842. The van der Waals surface area contributed by atoms with Gasteiger partial charge < -0.3 is 10.0 Å². The Morgan fingerprint density at radius 2 is 1.85 bits per heavy atom. The number of nitrogens with zero attached hydrogens (tertiary/aromatic N) is 2. The Kier molecular flexibility index (Phi) is 6.00. The van der Waals surface area contributed by atoms with E-state index in [-0.39, 0.29) is 12.5 Å². The molecule has 2 aliphatic rings. The van der Waals surface area contributed by atoms with Crippen LogP contribution in [-0.4, -0.2) is 66.6 Å². The van der Waals surface area contributed by atoms with Crippen LogP contribution in [0.1, 0.15) is 33.1 Å². The fourth-order valence-corrected chi connectivity index (χ4v) is 3.83. The first-order valence-corrected chi connectivity index (χ1v) is 8.18. The molecular formula is C16H30N2O2. The molecular weight excluding hydrogens is 252 g/mol. The molecule has 0 aromatic rings. The smallest absolute Gasteiger partial charge is 0.137 e. The standard InChI is InChI=1S/C16H30N2O2/c1-13-10-14(2)15(16(20)11-13)12-18-5-3-4-17(6-7-18)8-9-19/h13-15,19H,3-12H2,1-2H3. The van der Waals surface area contributed by atoms with Crippen molar-refractivity contribution in [3.63, 3.8) is 0 Å². The van der Waals surface area contributed by atoms with Crippen LogP contribution >= 0.6 is 0 Å². The number of aliphatic hydroxyl groups excluding tert-OH is 1. The van der Waals surface area contributed by atoms with Crippen molar-refractivity contribution in [3.05, 3.63) is 0 Å². The molecule has 0 radical (unpaired) electrons. The van der Waals surface area contributed by atoms with Gasteiger partial charge in [-0.15, -0.1) is 0 Å². The molecule has 1 N–H and O–H groups in total. The predicted octanol–water partition coefficient (Wildman–Crippen LogP) is 1.24. The Labute approximate surface area is 123 Å². The van der Waals surface area contributed by atoms with Gasteiger partial charge in [-0.1, -0.05) is 13.8 Å². The maximum Gasteiger partial charge on any atom is 0.137 e. The molecule has 2 rings (SSSR count). The first-order valence-electron chi connectivity index (χ1n) is 8.18. The number of aliphatic hydroxyl groups is 1. The molecule has 0 aromatic carbocycles. The molecule has 1 aliphatic carbocycles. The van der Waals surface area contributed by atoms with E-state index in [9.17, 15) is 4.79 Å². The second-order valence-electron chi connectivity index (χ2n) is 6.81. The number of carbonyl (C=O) groups is 1. The van der Waals surface area contributed by atoms with Gasteiger partial charge in [0.25, 0.3) is 0 Å². The summed E-state index contributed by atoms with van der Waals surface area (Å²) in [4.78, 5) is 17.1. The number of hydrogen-bond acceptors (Lipinski definition) is 4. The van der Waals surface area contributed by atoms with Crippen molar-refractivity contribution in [1.29, 1.82) is 0 Å². The Balaban J connectivity index is 1.85. The number of hydrogen-bond donors (Lipinski definition) is 1. The number of β-amino-alcohol motifs (C(OH)–C–C–N with tert-alkyl or cyclic N) is 1. The highest BCUT2D eigenvalue weighted by atomic mass is 16.3. The molecule has 116 valence electrons. The molecule has 4 nitrogen and oxygen atoms in total. The summed E-state index contributed by atoms with van der Waals surface area (Å²) in [5.74, 6) is 1.82. The molecule has 1 saturated carbocycles. The highest BCUT2D eigenvalue weighted by Crippen LogP contribution is 2.31. The molecule has 3 atom stereocenters. The number of rotatable bonds is 4. The summed E-state index contributed by atoms with van der Waals surface area (Å²) in [6, 6.07) is 0. The van der Waals surface area contributed by atoms with E-state index < -0.39 is 0 Å². The van der Waals surface area contributed by atoms with Gasteiger partial charge in [0.1, 0.15) is 5.78 Å². The molecule has 1 aliphatic heterocycles. The van der Waals surface area contributed by atoms with E-state index in [1.807, 2.05) is 0 Å². The lowest BCUT2D eigenvalue weighted by Crippen LogP contribution is -2.41. The Morgan fingerprint density at radius 3 is 2.55 bits per heavy atom. The predicted molar refractivity (Wildman–Crippen MR) is 80.6 cm³/mol. The van der Waals surface area contributed by atoms with Gasteiger partial charge >= 0.3 is 0 Å². The zero-order valence-corrected chi connectivity index (χ0v) is 13.1. The lowest BCUT2D eigenvalue weighted by Gasteiger charge is -2.34. The molecule has 20 heavy (non-hydrogen) atoms. The molecule has 0 amide bonds. The minimum atomic E-state index is 0.246. The third-order valence-corrected chi connectivity index (χ3v) is 4.98. The summed E-state index contributed by atoms with van der Waals surface area (Å²) in [6.07, 6.45) is 3.12. The summed E-state index contributed by atoms with van der Waals surface area (Å²) >= 11 is 0. The van der Waals surface area contributed by atoms with Gasteiger partial charge in [-0.05, 0) is 37.8 Å². The maximum atomic E-state index is 12.3. The van der Waals surface area contributed by atoms with E-state index in [1.54, 1.807) is 0 Å². The second-order valence-corrected chi connectivity index (χ2v) is 6.81. The van der Waals surface area contributed by atoms with Crippen LogP contribution in [-0.2, 0) is 4.79 Å². The third-order valence-electron chi connectivity index (χ3n) is 4.98. The Hall–Kier alpha value is -0.450. The molecule has 3 unspecified atom stereocenters. The molecule has 0 aromatic heterocycles. The average Bonchev–Trinajstić information content (AvgIpc) is 2.60. The SMILES string of the molecule is CC1CC(=O)C(CN2CCCN(CCO)CC2)C(C)C1. The van der Waals surface area contributed by atoms with Crippen LogP contribution in [0.3, 0.4) is 0 Å². The highest BCUT2D eigenvalue weighted by molar-refractivity contribution is 5.82. The summed E-state index contributed by atoms with van der Waals surface area (Å²) in [5.41, 5.74) is 0. The summed E-state index contributed by atoms with van der Waals surface area (Å²) in [7, 11) is 0. The number of ketones is 1. The van der Waals surface area contributed by atoms with Crippen molar-refractivity contribution < 1.29 is 9.90 Å². The first kappa shape index (κ1) is 15.9. The van der Waals surface area contributed by atoms with E-state index >= 15 is 0 Å². The van der Waals surface area contributed by atoms with Crippen LogP contribution in [0.2, 0.25) is 0 Å². The van der Waals surface area contributed by atoms with Crippen molar-refractivity contribution in [2.24, 2.45) is 17.8 Å². The van der Waals surface area contributed by atoms with Crippen molar-refractivity contribution in [3.8, 4) is 0 Å². The van der Waals surface area contributed by atoms with E-state index in [0.29, 0.717) is 17.6 Å². The molecule has 4 heteroatoms. The number of carbonyl (C=O) groups excluding carboxylic acids is 1. The van der Waals surface area contributed by atoms with E-state index in [1.165, 1.54) is 6.42 Å². The van der Waals surface area contributed by atoms with E-state index in [0.717, 1.165) is 52.1 Å². The lowest BCUT2D eigenvalue weighted by atomic mass is 9.74. The van der Waals surface area contributed by atoms with Gasteiger partial charge in [0, 0.05) is 38.5 Å². The summed E-state index contributed by atoms with van der Waals surface area (Å²) in [5, 5.41) is 9.03. The first-order chi connectivity index (χ1) is 9.60. The highest BCUT2D eigenvalue weighted by Gasteiger charge is 2.33. The van der Waals surface area contributed by atoms with Gasteiger partial charge in [-0.25, -0.2) is 0 Å². The topological polar surface area (TPSA) is 43.8 Å². The van der Waals surface area contributed by atoms with Gasteiger partial charge in [-0.3, -0.25) is 9.69 Å². The van der Waals surface area contributed by atoms with Crippen LogP contribution in [0.5, 0.6) is 0 Å². The van der Waals surface area contributed by atoms with Crippen molar-refractivity contribution in [2.75, 3.05) is 45.9 Å². The van der Waals surface area contributed by atoms with Crippen LogP contribution in [0.4, 0.5) is 0 Å². The normalized spacial score (nSPS) is 34.1. The molecule has 1 heterocycles. The van der Waals surface area contributed by atoms with Gasteiger partial charge in [0.15, 0.2) is 0 Å². The molecule has 2 fully saturated rings. The van der Waals surface area contributed by atoms with Crippen molar-refractivity contribution in [2.45, 2.75) is 33.1 Å².